The fraction of sp³-hybridized carbons (Fsp3) is 0.526. The molecule has 1 saturated heterocycles. The van der Waals surface area contributed by atoms with Crippen molar-refractivity contribution in [2.24, 2.45) is 5.92 Å². The molecule has 3 amide bonds. The van der Waals surface area contributed by atoms with Crippen molar-refractivity contribution in [2.75, 3.05) is 13.3 Å². The van der Waals surface area contributed by atoms with Gasteiger partial charge in [-0.25, -0.2) is 4.79 Å². The molecule has 1 aromatic rings. The van der Waals surface area contributed by atoms with Gasteiger partial charge in [-0.2, -0.15) is 0 Å². The lowest BCUT2D eigenvalue weighted by molar-refractivity contribution is -0.132. The molecule has 1 saturated carbocycles. The summed E-state index contributed by atoms with van der Waals surface area (Å²) in [7, 11) is 0. The number of amides is 3. The van der Waals surface area contributed by atoms with Gasteiger partial charge in [-0.15, -0.1) is 0 Å². The molecular weight excluding hydrogens is 336 g/mol. The average Bonchev–Trinajstić information content (AvgIpc) is 3.20. The summed E-state index contributed by atoms with van der Waals surface area (Å²) in [6.45, 7) is 1.64. The predicted molar refractivity (Wildman–Crippen MR) is 92.1 cm³/mol. The molecule has 0 unspecified atom stereocenters. The third kappa shape index (κ3) is 2.71. The van der Waals surface area contributed by atoms with Crippen LogP contribution < -0.4 is 14.8 Å². The molecule has 4 rings (SSSR count). The highest BCUT2D eigenvalue weighted by Crippen LogP contribution is 2.37. The monoisotopic (exact) mass is 358 g/mol. The summed E-state index contributed by atoms with van der Waals surface area (Å²) in [5, 5.41) is 2.84. The van der Waals surface area contributed by atoms with Crippen molar-refractivity contribution < 1.29 is 23.9 Å². The second-order valence-electron chi connectivity index (χ2n) is 7.35. The van der Waals surface area contributed by atoms with Gasteiger partial charge in [0.25, 0.3) is 5.91 Å². The molecule has 2 aliphatic heterocycles. The minimum Gasteiger partial charge on any atom is -0.454 e. The van der Waals surface area contributed by atoms with E-state index in [-0.39, 0.29) is 30.9 Å². The van der Waals surface area contributed by atoms with Gasteiger partial charge in [0.1, 0.15) is 5.54 Å². The van der Waals surface area contributed by atoms with E-state index in [1.165, 1.54) is 6.42 Å². The van der Waals surface area contributed by atoms with Crippen molar-refractivity contribution in [3.8, 4) is 11.5 Å². The molecule has 0 spiro atoms. The molecule has 3 aliphatic rings. The van der Waals surface area contributed by atoms with Crippen LogP contribution in [0.3, 0.4) is 0 Å². The number of ether oxygens (including phenoxy) is 2. The first kappa shape index (κ1) is 16.9. The van der Waals surface area contributed by atoms with Crippen LogP contribution in [0.4, 0.5) is 4.79 Å². The third-order valence-electron chi connectivity index (χ3n) is 5.72. The highest BCUT2D eigenvalue weighted by Gasteiger charge is 2.52. The van der Waals surface area contributed by atoms with Crippen molar-refractivity contribution in [3.63, 3.8) is 0 Å². The molecule has 2 heterocycles. The third-order valence-corrected chi connectivity index (χ3v) is 5.72. The van der Waals surface area contributed by atoms with E-state index in [2.05, 4.69) is 5.32 Å². The van der Waals surface area contributed by atoms with Gasteiger partial charge >= 0.3 is 6.03 Å². The molecule has 26 heavy (non-hydrogen) atoms. The molecule has 7 heteroatoms. The SMILES string of the molecule is C[C@]1(C2CCCCC2)NC(=O)N(CC(=O)c2ccc3c(c2)OCO3)C1=O. The first-order valence-electron chi connectivity index (χ1n) is 9.06. The van der Waals surface area contributed by atoms with E-state index in [9.17, 15) is 14.4 Å². The zero-order valence-electron chi connectivity index (χ0n) is 14.7. The standard InChI is InChI=1S/C19H22N2O5/c1-19(13-5-3-2-4-6-13)17(23)21(18(24)20-19)10-14(22)12-7-8-15-16(9-12)26-11-25-15/h7-9,13H,2-6,10-11H2,1H3,(H,20,24)/t19-/m1/s1. The van der Waals surface area contributed by atoms with Crippen molar-refractivity contribution in [2.45, 2.75) is 44.6 Å². The Morgan fingerprint density at radius 2 is 1.92 bits per heavy atom. The summed E-state index contributed by atoms with van der Waals surface area (Å²) in [5.74, 6) is 0.600. The van der Waals surface area contributed by atoms with Gasteiger partial charge in [0.2, 0.25) is 6.79 Å². The second-order valence-corrected chi connectivity index (χ2v) is 7.35. The van der Waals surface area contributed by atoms with Crippen LogP contribution >= 0.6 is 0 Å². The zero-order valence-corrected chi connectivity index (χ0v) is 14.7. The van der Waals surface area contributed by atoms with Gasteiger partial charge < -0.3 is 14.8 Å². The van der Waals surface area contributed by atoms with Crippen molar-refractivity contribution in [1.29, 1.82) is 0 Å². The van der Waals surface area contributed by atoms with Crippen LogP contribution in [0, 0.1) is 5.92 Å². The highest BCUT2D eigenvalue weighted by molar-refractivity contribution is 6.11. The van der Waals surface area contributed by atoms with Gasteiger partial charge in [-0.05, 0) is 43.9 Å². The topological polar surface area (TPSA) is 84.9 Å². The van der Waals surface area contributed by atoms with E-state index in [0.717, 1.165) is 30.6 Å². The molecule has 1 aliphatic carbocycles. The second kappa shape index (κ2) is 6.30. The molecule has 0 aromatic heterocycles. The molecule has 7 nitrogen and oxygen atoms in total. The van der Waals surface area contributed by atoms with Crippen molar-refractivity contribution in [1.82, 2.24) is 10.2 Å². The van der Waals surface area contributed by atoms with Crippen LogP contribution in [0.1, 0.15) is 49.4 Å². The van der Waals surface area contributed by atoms with Crippen LogP contribution in [0.15, 0.2) is 18.2 Å². The quantitative estimate of drug-likeness (QED) is 0.660. The number of hydrogen-bond acceptors (Lipinski definition) is 5. The Morgan fingerprint density at radius 3 is 2.69 bits per heavy atom. The minimum absolute atomic E-state index is 0.123. The molecular formula is C19H22N2O5. The number of benzene rings is 1. The Bertz CT molecular complexity index is 771. The number of hydrogen-bond donors (Lipinski definition) is 1. The lowest BCUT2D eigenvalue weighted by Crippen LogP contribution is -2.51. The van der Waals surface area contributed by atoms with Gasteiger partial charge in [0, 0.05) is 5.56 Å². The largest absolute Gasteiger partial charge is 0.454 e. The molecule has 138 valence electrons. The lowest BCUT2D eigenvalue weighted by atomic mass is 9.75. The summed E-state index contributed by atoms with van der Waals surface area (Å²) in [5.41, 5.74) is -0.520. The van der Waals surface area contributed by atoms with Gasteiger partial charge in [0.15, 0.2) is 17.3 Å². The molecule has 2 fully saturated rings. The fourth-order valence-corrected chi connectivity index (χ4v) is 4.12. The number of ketones is 1. The summed E-state index contributed by atoms with van der Waals surface area (Å²) >= 11 is 0. The number of Topliss-reactive ketones (excluding diaryl/α,β-unsaturated/α-hetero) is 1. The maximum absolute atomic E-state index is 12.9. The molecule has 0 radical (unpaired) electrons. The van der Waals surface area contributed by atoms with Crippen LogP contribution in [0.25, 0.3) is 0 Å². The number of fused-ring (bicyclic) bond motifs is 1. The van der Waals surface area contributed by atoms with E-state index in [1.54, 1.807) is 25.1 Å². The van der Waals surface area contributed by atoms with E-state index in [1.807, 2.05) is 0 Å². The molecule has 1 aromatic carbocycles. The first-order chi connectivity index (χ1) is 12.5. The zero-order chi connectivity index (χ0) is 18.3. The van der Waals surface area contributed by atoms with Gasteiger partial charge in [0.05, 0.1) is 6.54 Å². The van der Waals surface area contributed by atoms with Crippen LogP contribution in [0.2, 0.25) is 0 Å². The Kier molecular flexibility index (Phi) is 4.09. The number of urea groups is 1. The maximum atomic E-state index is 12.9. The molecule has 1 N–H and O–H groups in total. The minimum atomic E-state index is -0.910. The average molecular weight is 358 g/mol. The summed E-state index contributed by atoms with van der Waals surface area (Å²) in [6, 6.07) is 4.38. The smallest absolute Gasteiger partial charge is 0.325 e. The summed E-state index contributed by atoms with van der Waals surface area (Å²) in [6.07, 6.45) is 5.15. The molecule has 0 bridgehead atoms. The number of carbonyl (C=O) groups excluding carboxylic acids is 3. The predicted octanol–water partition coefficient (Wildman–Crippen LogP) is 2.49. The van der Waals surface area contributed by atoms with E-state index < -0.39 is 11.6 Å². The van der Waals surface area contributed by atoms with Crippen LogP contribution in [0.5, 0.6) is 11.5 Å². The van der Waals surface area contributed by atoms with Crippen LogP contribution in [-0.4, -0.2) is 41.5 Å². The Morgan fingerprint density at radius 1 is 1.19 bits per heavy atom. The number of nitrogens with one attached hydrogen (secondary N) is 1. The van der Waals surface area contributed by atoms with Crippen molar-refractivity contribution >= 4 is 17.7 Å². The Labute approximate surface area is 151 Å². The van der Waals surface area contributed by atoms with Crippen LogP contribution in [-0.2, 0) is 4.79 Å². The number of rotatable bonds is 4. The van der Waals surface area contributed by atoms with E-state index in [0.29, 0.717) is 17.1 Å². The Hall–Kier alpha value is -2.57. The number of carbonyl (C=O) groups is 3. The first-order valence-corrected chi connectivity index (χ1v) is 9.06. The normalized spacial score (nSPS) is 25.5. The van der Waals surface area contributed by atoms with E-state index >= 15 is 0 Å². The summed E-state index contributed by atoms with van der Waals surface area (Å²) < 4.78 is 10.5. The fourth-order valence-electron chi connectivity index (χ4n) is 4.12. The highest BCUT2D eigenvalue weighted by atomic mass is 16.7. The van der Waals surface area contributed by atoms with E-state index in [4.69, 9.17) is 9.47 Å². The lowest BCUT2D eigenvalue weighted by Gasteiger charge is -2.34. The number of imide groups is 1. The van der Waals surface area contributed by atoms with Gasteiger partial charge in [-0.3, -0.25) is 14.5 Å². The summed E-state index contributed by atoms with van der Waals surface area (Å²) in [4.78, 5) is 39.0. The maximum Gasteiger partial charge on any atom is 0.325 e. The van der Waals surface area contributed by atoms with Gasteiger partial charge in [-0.1, -0.05) is 19.3 Å². The molecule has 1 atom stereocenters. The van der Waals surface area contributed by atoms with Crippen molar-refractivity contribution in [3.05, 3.63) is 23.8 Å². The Balaban J connectivity index is 1.50. The number of nitrogens with zero attached hydrogens (tertiary/aromatic N) is 1.